The number of amides is 1. The van der Waals surface area contributed by atoms with Gasteiger partial charge in [0.1, 0.15) is 16.4 Å². The van der Waals surface area contributed by atoms with Crippen LogP contribution in [0.2, 0.25) is 0 Å². The van der Waals surface area contributed by atoms with Gasteiger partial charge in [-0.3, -0.25) is 4.79 Å². The summed E-state index contributed by atoms with van der Waals surface area (Å²) in [5, 5.41) is 6.81. The molecule has 0 radical (unpaired) electrons. The SMILES string of the molecule is O=C(NCC1CCCO1)c1snnc1-c1ccc(F)cc1. The molecule has 1 amide bonds. The van der Waals surface area contributed by atoms with Crippen LogP contribution in [0.4, 0.5) is 4.39 Å². The monoisotopic (exact) mass is 307 g/mol. The highest BCUT2D eigenvalue weighted by Gasteiger charge is 2.20. The van der Waals surface area contributed by atoms with Crippen molar-refractivity contribution in [3.05, 3.63) is 35.0 Å². The molecule has 0 aliphatic carbocycles. The largest absolute Gasteiger partial charge is 0.376 e. The van der Waals surface area contributed by atoms with Gasteiger partial charge in [0.25, 0.3) is 5.91 Å². The molecule has 1 fully saturated rings. The molecule has 7 heteroatoms. The van der Waals surface area contributed by atoms with E-state index in [0.29, 0.717) is 22.7 Å². The van der Waals surface area contributed by atoms with Crippen molar-refractivity contribution in [1.29, 1.82) is 0 Å². The summed E-state index contributed by atoms with van der Waals surface area (Å²) in [6.07, 6.45) is 2.08. The van der Waals surface area contributed by atoms with Gasteiger partial charge in [-0.15, -0.1) is 5.10 Å². The standard InChI is InChI=1S/C14H14FN3O2S/c15-10-5-3-9(4-6-10)12-13(21-18-17-12)14(19)16-8-11-2-1-7-20-11/h3-6,11H,1-2,7-8H2,(H,16,19). The Morgan fingerprint density at radius 2 is 2.24 bits per heavy atom. The minimum atomic E-state index is -0.327. The maximum atomic E-state index is 13.0. The molecule has 1 atom stereocenters. The normalized spacial score (nSPS) is 17.9. The summed E-state index contributed by atoms with van der Waals surface area (Å²) in [5.41, 5.74) is 1.15. The molecule has 1 aromatic heterocycles. The summed E-state index contributed by atoms with van der Waals surface area (Å²) >= 11 is 1.03. The van der Waals surface area contributed by atoms with Crippen molar-refractivity contribution in [1.82, 2.24) is 14.9 Å². The number of carbonyl (C=O) groups excluding carboxylic acids is 1. The van der Waals surface area contributed by atoms with Crippen molar-refractivity contribution in [3.63, 3.8) is 0 Å². The molecule has 2 aromatic rings. The van der Waals surface area contributed by atoms with Gasteiger partial charge >= 0.3 is 0 Å². The van der Waals surface area contributed by atoms with Crippen LogP contribution < -0.4 is 5.32 Å². The van der Waals surface area contributed by atoms with E-state index in [-0.39, 0.29) is 17.8 Å². The first-order chi connectivity index (χ1) is 10.2. The topological polar surface area (TPSA) is 64.1 Å². The fraction of sp³-hybridized carbons (Fsp3) is 0.357. The number of nitrogens with one attached hydrogen (secondary N) is 1. The minimum Gasteiger partial charge on any atom is -0.376 e. The number of carbonyl (C=O) groups is 1. The van der Waals surface area contributed by atoms with Gasteiger partial charge in [-0.2, -0.15) is 0 Å². The molecule has 2 heterocycles. The molecule has 1 aliphatic heterocycles. The minimum absolute atomic E-state index is 0.0871. The van der Waals surface area contributed by atoms with Crippen LogP contribution in [-0.4, -0.2) is 34.7 Å². The van der Waals surface area contributed by atoms with Crippen LogP contribution in [0.25, 0.3) is 11.3 Å². The van der Waals surface area contributed by atoms with E-state index < -0.39 is 0 Å². The van der Waals surface area contributed by atoms with Crippen molar-refractivity contribution in [3.8, 4) is 11.3 Å². The van der Waals surface area contributed by atoms with Crippen LogP contribution in [0.15, 0.2) is 24.3 Å². The highest BCUT2D eigenvalue weighted by molar-refractivity contribution is 7.08. The Kier molecular flexibility index (Phi) is 4.21. The lowest BCUT2D eigenvalue weighted by Crippen LogP contribution is -2.31. The highest BCUT2D eigenvalue weighted by Crippen LogP contribution is 2.24. The molecule has 0 saturated carbocycles. The predicted molar refractivity (Wildman–Crippen MR) is 76.6 cm³/mol. The van der Waals surface area contributed by atoms with Crippen LogP contribution >= 0.6 is 11.5 Å². The summed E-state index contributed by atoms with van der Waals surface area (Å²) in [6.45, 7) is 1.24. The molecular formula is C14H14FN3O2S. The number of hydrogen-bond donors (Lipinski definition) is 1. The summed E-state index contributed by atoms with van der Waals surface area (Å²) < 4.78 is 22.2. The van der Waals surface area contributed by atoms with E-state index in [1.165, 1.54) is 12.1 Å². The molecule has 1 unspecified atom stereocenters. The van der Waals surface area contributed by atoms with Crippen LogP contribution in [0.1, 0.15) is 22.5 Å². The second-order valence-corrected chi connectivity index (χ2v) is 5.56. The van der Waals surface area contributed by atoms with Crippen LogP contribution in [0, 0.1) is 5.82 Å². The van der Waals surface area contributed by atoms with Gasteiger partial charge in [-0.25, -0.2) is 4.39 Å². The third-order valence-corrected chi connectivity index (χ3v) is 4.05. The van der Waals surface area contributed by atoms with Crippen molar-refractivity contribution in [2.75, 3.05) is 13.2 Å². The van der Waals surface area contributed by atoms with Crippen molar-refractivity contribution in [2.45, 2.75) is 18.9 Å². The second kappa shape index (κ2) is 6.28. The van der Waals surface area contributed by atoms with Gasteiger partial charge < -0.3 is 10.1 Å². The fourth-order valence-corrected chi connectivity index (χ4v) is 2.83. The van der Waals surface area contributed by atoms with E-state index in [4.69, 9.17) is 4.74 Å². The van der Waals surface area contributed by atoms with E-state index in [0.717, 1.165) is 31.0 Å². The maximum Gasteiger partial charge on any atom is 0.265 e. The third-order valence-electron chi connectivity index (χ3n) is 3.33. The first-order valence-electron chi connectivity index (χ1n) is 6.72. The van der Waals surface area contributed by atoms with E-state index in [1.54, 1.807) is 12.1 Å². The zero-order chi connectivity index (χ0) is 14.7. The number of nitrogens with zero attached hydrogens (tertiary/aromatic N) is 2. The Balaban J connectivity index is 1.72. The number of halogens is 1. The Morgan fingerprint density at radius 1 is 1.43 bits per heavy atom. The van der Waals surface area contributed by atoms with Crippen molar-refractivity contribution >= 4 is 17.4 Å². The van der Waals surface area contributed by atoms with Crippen LogP contribution in [0.5, 0.6) is 0 Å². The number of rotatable bonds is 4. The smallest absolute Gasteiger partial charge is 0.265 e. The zero-order valence-electron chi connectivity index (χ0n) is 11.2. The zero-order valence-corrected chi connectivity index (χ0v) is 12.0. The molecule has 21 heavy (non-hydrogen) atoms. The average molecular weight is 307 g/mol. The van der Waals surface area contributed by atoms with Crippen LogP contribution in [0.3, 0.4) is 0 Å². The van der Waals surface area contributed by atoms with Gasteiger partial charge in [-0.1, -0.05) is 4.49 Å². The molecule has 5 nitrogen and oxygen atoms in total. The van der Waals surface area contributed by atoms with Crippen molar-refractivity contribution < 1.29 is 13.9 Å². The molecule has 0 spiro atoms. The van der Waals surface area contributed by atoms with Gasteiger partial charge in [0.05, 0.1) is 6.10 Å². The third kappa shape index (κ3) is 3.25. The number of ether oxygens (including phenoxy) is 1. The molecule has 0 bridgehead atoms. The lowest BCUT2D eigenvalue weighted by Gasteiger charge is -2.10. The fourth-order valence-electron chi connectivity index (χ4n) is 2.23. The number of benzene rings is 1. The molecule has 1 aliphatic rings. The lowest BCUT2D eigenvalue weighted by molar-refractivity contribution is 0.0861. The first kappa shape index (κ1) is 14.1. The maximum absolute atomic E-state index is 13.0. The van der Waals surface area contributed by atoms with Gasteiger partial charge in [0, 0.05) is 18.7 Å². The quantitative estimate of drug-likeness (QED) is 0.941. The molecular weight excluding hydrogens is 293 g/mol. The highest BCUT2D eigenvalue weighted by atomic mass is 32.1. The van der Waals surface area contributed by atoms with E-state index >= 15 is 0 Å². The average Bonchev–Trinajstić information content (AvgIpc) is 3.17. The predicted octanol–water partition coefficient (Wildman–Crippen LogP) is 2.25. The number of hydrogen-bond acceptors (Lipinski definition) is 5. The molecule has 110 valence electrons. The summed E-state index contributed by atoms with van der Waals surface area (Å²) in [4.78, 5) is 12.6. The van der Waals surface area contributed by atoms with Gasteiger partial charge in [0.15, 0.2) is 0 Å². The van der Waals surface area contributed by atoms with E-state index in [2.05, 4.69) is 14.9 Å². The second-order valence-electron chi connectivity index (χ2n) is 4.80. The Morgan fingerprint density at radius 3 is 2.95 bits per heavy atom. The summed E-state index contributed by atoms with van der Waals surface area (Å²) in [6, 6.07) is 5.84. The molecule has 1 saturated heterocycles. The van der Waals surface area contributed by atoms with Gasteiger partial charge in [-0.05, 0) is 48.6 Å². The lowest BCUT2D eigenvalue weighted by atomic mass is 10.1. The Bertz CT molecular complexity index is 623. The Hall–Kier alpha value is -1.86. The first-order valence-corrected chi connectivity index (χ1v) is 7.49. The van der Waals surface area contributed by atoms with Gasteiger partial charge in [0.2, 0.25) is 0 Å². The molecule has 3 rings (SSSR count). The molecule has 1 aromatic carbocycles. The van der Waals surface area contributed by atoms with E-state index in [1.807, 2.05) is 0 Å². The van der Waals surface area contributed by atoms with Crippen LogP contribution in [-0.2, 0) is 4.74 Å². The Labute approximate surface area is 125 Å². The van der Waals surface area contributed by atoms with E-state index in [9.17, 15) is 9.18 Å². The number of aromatic nitrogens is 2. The molecule has 1 N–H and O–H groups in total. The summed E-state index contributed by atoms with van der Waals surface area (Å²) in [7, 11) is 0. The summed E-state index contributed by atoms with van der Waals surface area (Å²) in [5.74, 6) is -0.550. The van der Waals surface area contributed by atoms with Crippen molar-refractivity contribution in [2.24, 2.45) is 0 Å².